The van der Waals surface area contributed by atoms with Crippen LogP contribution in [0.4, 0.5) is 4.39 Å². The number of carbonyl (C=O) groups is 1. The minimum absolute atomic E-state index is 0.212. The molecule has 1 aromatic carbocycles. The topological polar surface area (TPSA) is 58.1 Å². The maximum absolute atomic E-state index is 13.6. The first kappa shape index (κ1) is 21.1. The Morgan fingerprint density at radius 3 is 2.65 bits per heavy atom. The Kier molecular flexibility index (Phi) is 6.67. The van der Waals surface area contributed by atoms with E-state index < -0.39 is 5.82 Å². The monoisotopic (exact) mass is 418 g/mol. The van der Waals surface area contributed by atoms with Crippen LogP contribution in [0.25, 0.3) is 0 Å². The fourth-order valence-electron chi connectivity index (χ4n) is 4.21. The average Bonchev–Trinajstić information content (AvgIpc) is 2.79. The van der Waals surface area contributed by atoms with E-state index in [0.717, 1.165) is 49.6 Å². The molecule has 1 saturated heterocycles. The molecule has 4 rings (SSSR count). The highest BCUT2D eigenvalue weighted by Gasteiger charge is 2.30. The van der Waals surface area contributed by atoms with Crippen molar-refractivity contribution in [3.8, 4) is 0 Å². The molecule has 5 nitrogen and oxygen atoms in total. The highest BCUT2D eigenvalue weighted by Crippen LogP contribution is 2.30. The Balaban J connectivity index is 1.45. The van der Waals surface area contributed by atoms with Crippen LogP contribution in [0.5, 0.6) is 0 Å². The lowest BCUT2D eigenvalue weighted by Gasteiger charge is -2.36. The molecular formula is C25H27FN4O. The summed E-state index contributed by atoms with van der Waals surface area (Å²) in [5.41, 5.74) is 3.27. The van der Waals surface area contributed by atoms with Gasteiger partial charge in [0, 0.05) is 24.0 Å². The van der Waals surface area contributed by atoms with Crippen molar-refractivity contribution in [2.45, 2.75) is 32.4 Å². The summed E-state index contributed by atoms with van der Waals surface area (Å²) in [4.78, 5) is 24.4. The Morgan fingerprint density at radius 1 is 1.13 bits per heavy atom. The normalized spacial score (nSPS) is 16.1. The summed E-state index contributed by atoms with van der Waals surface area (Å²) in [7, 11) is 0. The zero-order chi connectivity index (χ0) is 21.6. The fourth-order valence-corrected chi connectivity index (χ4v) is 4.21. The second kappa shape index (κ2) is 9.79. The van der Waals surface area contributed by atoms with Gasteiger partial charge in [-0.25, -0.2) is 4.39 Å². The Morgan fingerprint density at radius 2 is 1.94 bits per heavy atom. The van der Waals surface area contributed by atoms with Crippen molar-refractivity contribution in [1.82, 2.24) is 20.2 Å². The average molecular weight is 419 g/mol. The van der Waals surface area contributed by atoms with Crippen molar-refractivity contribution in [2.24, 2.45) is 5.92 Å². The van der Waals surface area contributed by atoms with E-state index >= 15 is 0 Å². The molecule has 2 aromatic heterocycles. The summed E-state index contributed by atoms with van der Waals surface area (Å²) in [5.74, 6) is -0.434. The van der Waals surface area contributed by atoms with Gasteiger partial charge in [-0.1, -0.05) is 18.2 Å². The van der Waals surface area contributed by atoms with E-state index in [1.807, 2.05) is 37.3 Å². The number of pyridine rings is 2. The van der Waals surface area contributed by atoms with Crippen LogP contribution >= 0.6 is 0 Å². The first-order chi connectivity index (χ1) is 15.1. The van der Waals surface area contributed by atoms with E-state index in [-0.39, 0.29) is 17.9 Å². The lowest BCUT2D eigenvalue weighted by molar-refractivity contribution is 0.0887. The van der Waals surface area contributed by atoms with Gasteiger partial charge in [0.2, 0.25) is 0 Å². The molecule has 0 spiro atoms. The lowest BCUT2D eigenvalue weighted by atomic mass is 9.87. The summed E-state index contributed by atoms with van der Waals surface area (Å²) < 4.78 is 13.6. The van der Waals surface area contributed by atoms with Gasteiger partial charge in [-0.05, 0) is 81.2 Å². The van der Waals surface area contributed by atoms with Crippen molar-refractivity contribution < 1.29 is 9.18 Å². The second-order valence-corrected chi connectivity index (χ2v) is 8.10. The number of carbonyl (C=O) groups excluding carboxylic acids is 1. The SMILES string of the molecule is Cc1cccc(CN2CCC(C(NC(=O)c3cccc(F)c3)c3ccccn3)CC2)n1. The maximum Gasteiger partial charge on any atom is 0.251 e. The molecule has 0 aliphatic carbocycles. The summed E-state index contributed by atoms with van der Waals surface area (Å²) in [6, 6.07) is 17.4. The first-order valence-corrected chi connectivity index (χ1v) is 10.7. The molecule has 1 fully saturated rings. The number of rotatable bonds is 6. The van der Waals surface area contributed by atoms with Crippen LogP contribution < -0.4 is 5.32 Å². The van der Waals surface area contributed by atoms with Crippen LogP contribution in [0.1, 0.15) is 46.3 Å². The number of piperidine rings is 1. The molecule has 3 heterocycles. The molecule has 3 aromatic rings. The summed E-state index contributed by atoms with van der Waals surface area (Å²) in [6.07, 6.45) is 3.63. The van der Waals surface area contributed by atoms with Gasteiger partial charge in [-0.15, -0.1) is 0 Å². The van der Waals surface area contributed by atoms with Crippen molar-refractivity contribution in [3.63, 3.8) is 0 Å². The zero-order valence-electron chi connectivity index (χ0n) is 17.7. The van der Waals surface area contributed by atoms with Crippen LogP contribution in [-0.4, -0.2) is 33.9 Å². The standard InChI is InChI=1S/C25H27FN4O/c1-18-6-4-9-22(28-18)17-30-14-11-19(12-15-30)24(23-10-2-3-13-27-23)29-25(31)20-7-5-8-21(26)16-20/h2-10,13,16,19,24H,11-12,14-15,17H2,1H3,(H,29,31). The van der Waals surface area contributed by atoms with E-state index in [1.54, 1.807) is 18.3 Å². The molecule has 160 valence electrons. The minimum Gasteiger partial charge on any atom is -0.343 e. The maximum atomic E-state index is 13.6. The Labute approximate surface area is 182 Å². The van der Waals surface area contributed by atoms with E-state index in [9.17, 15) is 9.18 Å². The largest absolute Gasteiger partial charge is 0.343 e. The molecule has 31 heavy (non-hydrogen) atoms. The molecule has 1 atom stereocenters. The molecule has 0 radical (unpaired) electrons. The number of amides is 1. The molecule has 0 bridgehead atoms. The van der Waals surface area contributed by atoms with Crippen LogP contribution in [0.2, 0.25) is 0 Å². The van der Waals surface area contributed by atoms with Gasteiger partial charge in [0.1, 0.15) is 5.82 Å². The number of likely N-dealkylation sites (tertiary alicyclic amines) is 1. The van der Waals surface area contributed by atoms with Crippen molar-refractivity contribution >= 4 is 5.91 Å². The smallest absolute Gasteiger partial charge is 0.251 e. The zero-order valence-corrected chi connectivity index (χ0v) is 17.7. The number of nitrogens with zero attached hydrogens (tertiary/aromatic N) is 3. The van der Waals surface area contributed by atoms with Crippen molar-refractivity contribution in [3.05, 3.63) is 95.3 Å². The number of hydrogen-bond donors (Lipinski definition) is 1. The van der Waals surface area contributed by atoms with E-state index in [4.69, 9.17) is 0 Å². The highest BCUT2D eigenvalue weighted by molar-refractivity contribution is 5.94. The molecule has 1 N–H and O–H groups in total. The molecule has 0 saturated carbocycles. The predicted molar refractivity (Wildman–Crippen MR) is 118 cm³/mol. The summed E-state index contributed by atoms with van der Waals surface area (Å²) in [6.45, 7) is 4.70. The first-order valence-electron chi connectivity index (χ1n) is 10.7. The lowest BCUT2D eigenvalue weighted by Crippen LogP contribution is -2.41. The van der Waals surface area contributed by atoms with Gasteiger partial charge in [-0.2, -0.15) is 0 Å². The number of aryl methyl sites for hydroxylation is 1. The van der Waals surface area contributed by atoms with Gasteiger partial charge in [0.15, 0.2) is 0 Å². The fraction of sp³-hybridized carbons (Fsp3) is 0.320. The van der Waals surface area contributed by atoms with Gasteiger partial charge in [0.25, 0.3) is 5.91 Å². The number of hydrogen-bond acceptors (Lipinski definition) is 4. The second-order valence-electron chi connectivity index (χ2n) is 8.10. The Hall–Kier alpha value is -3.12. The molecule has 1 aliphatic heterocycles. The van der Waals surface area contributed by atoms with Crippen LogP contribution in [-0.2, 0) is 6.54 Å². The van der Waals surface area contributed by atoms with Gasteiger partial charge in [-0.3, -0.25) is 19.7 Å². The molecular weight excluding hydrogens is 391 g/mol. The number of aromatic nitrogens is 2. The Bertz CT molecular complexity index is 1020. The van der Waals surface area contributed by atoms with Crippen LogP contribution in [0, 0.1) is 18.7 Å². The third-order valence-electron chi connectivity index (χ3n) is 5.82. The van der Waals surface area contributed by atoms with Crippen LogP contribution in [0.3, 0.4) is 0 Å². The molecule has 1 unspecified atom stereocenters. The summed E-state index contributed by atoms with van der Waals surface area (Å²) >= 11 is 0. The number of halogens is 1. The van der Waals surface area contributed by atoms with Gasteiger partial charge in [0.05, 0.1) is 17.4 Å². The van der Waals surface area contributed by atoms with Gasteiger partial charge < -0.3 is 5.32 Å². The summed E-state index contributed by atoms with van der Waals surface area (Å²) in [5, 5.41) is 3.12. The van der Waals surface area contributed by atoms with Crippen molar-refractivity contribution in [1.29, 1.82) is 0 Å². The molecule has 1 aliphatic rings. The van der Waals surface area contributed by atoms with Crippen molar-refractivity contribution in [2.75, 3.05) is 13.1 Å². The van der Waals surface area contributed by atoms with E-state index in [2.05, 4.69) is 26.3 Å². The third kappa shape index (κ3) is 5.52. The van der Waals surface area contributed by atoms with E-state index in [1.165, 1.54) is 12.1 Å². The third-order valence-corrected chi connectivity index (χ3v) is 5.82. The number of benzene rings is 1. The van der Waals surface area contributed by atoms with Gasteiger partial charge >= 0.3 is 0 Å². The number of nitrogens with one attached hydrogen (secondary N) is 1. The van der Waals surface area contributed by atoms with E-state index in [0.29, 0.717) is 5.56 Å². The van der Waals surface area contributed by atoms with Crippen LogP contribution in [0.15, 0.2) is 66.9 Å². The highest BCUT2D eigenvalue weighted by atomic mass is 19.1. The molecule has 1 amide bonds. The molecule has 6 heteroatoms. The quantitative estimate of drug-likeness (QED) is 0.648. The minimum atomic E-state index is -0.417. The predicted octanol–water partition coefficient (Wildman–Crippen LogP) is 4.31.